The molecule has 1 aliphatic heterocycles. The van der Waals surface area contributed by atoms with Gasteiger partial charge < -0.3 is 10.1 Å². The van der Waals surface area contributed by atoms with Crippen LogP contribution < -0.4 is 10.1 Å². The van der Waals surface area contributed by atoms with Crippen LogP contribution in [0.4, 0.5) is 5.82 Å². The summed E-state index contributed by atoms with van der Waals surface area (Å²) in [6.45, 7) is 0. The van der Waals surface area contributed by atoms with E-state index in [9.17, 15) is 4.79 Å². The summed E-state index contributed by atoms with van der Waals surface area (Å²) in [6, 6.07) is 16.0. The molecule has 5 nitrogen and oxygen atoms in total. The highest BCUT2D eigenvalue weighted by Crippen LogP contribution is 2.37. The predicted octanol–water partition coefficient (Wildman–Crippen LogP) is 4.08. The van der Waals surface area contributed by atoms with Gasteiger partial charge in [-0.05, 0) is 48.2 Å². The second-order valence-electron chi connectivity index (χ2n) is 6.12. The molecule has 0 radical (unpaired) electrons. The second-order valence-corrected chi connectivity index (χ2v) is 7.00. The molecule has 1 N–H and O–H groups in total. The minimum absolute atomic E-state index is 0.00621. The van der Waals surface area contributed by atoms with E-state index < -0.39 is 0 Å². The summed E-state index contributed by atoms with van der Waals surface area (Å²) in [4.78, 5) is 18.2. The summed E-state index contributed by atoms with van der Waals surface area (Å²) in [7, 11) is 1.64. The zero-order valence-electron chi connectivity index (χ0n) is 14.6. The summed E-state index contributed by atoms with van der Waals surface area (Å²) < 4.78 is 7.13. The first-order chi connectivity index (χ1) is 12.7. The monoisotopic (exact) mass is 365 g/mol. The highest BCUT2D eigenvalue weighted by atomic mass is 32.2. The van der Waals surface area contributed by atoms with Crippen molar-refractivity contribution in [1.29, 1.82) is 0 Å². The molecule has 1 atom stereocenters. The number of nitrogens with zero attached hydrogens (tertiary/aromatic N) is 2. The number of hydrogen-bond acceptors (Lipinski definition) is 4. The number of benzene rings is 2. The molecule has 0 saturated carbocycles. The van der Waals surface area contributed by atoms with Gasteiger partial charge in [0.1, 0.15) is 17.9 Å². The van der Waals surface area contributed by atoms with Crippen LogP contribution in [-0.2, 0) is 4.79 Å². The standard InChI is InChI=1S/C20H19N3O2S/c1-25-15-7-5-14(6-8-15)23-12-21-19-17(11-18(24)22-20(19)23)13-3-9-16(26-2)10-4-13/h3-10,12,17H,11H2,1-2H3,(H,22,24). The third-order valence-corrected chi connectivity index (χ3v) is 5.39. The number of carbonyl (C=O) groups excluding carboxylic acids is 1. The molecule has 1 unspecified atom stereocenters. The molecule has 0 bridgehead atoms. The van der Waals surface area contributed by atoms with Crippen LogP contribution in [0.3, 0.4) is 0 Å². The van der Waals surface area contributed by atoms with Gasteiger partial charge in [0, 0.05) is 22.9 Å². The third-order valence-electron chi connectivity index (χ3n) is 4.64. The summed E-state index contributed by atoms with van der Waals surface area (Å²) >= 11 is 1.71. The van der Waals surface area contributed by atoms with E-state index in [-0.39, 0.29) is 11.8 Å². The van der Waals surface area contributed by atoms with Crippen LogP contribution in [-0.4, -0.2) is 28.8 Å². The number of ether oxygens (including phenoxy) is 1. The lowest BCUT2D eigenvalue weighted by molar-refractivity contribution is -0.116. The van der Waals surface area contributed by atoms with E-state index in [2.05, 4.69) is 40.8 Å². The number of fused-ring (bicyclic) bond motifs is 1. The molecule has 1 aromatic heterocycles. The molecule has 2 heterocycles. The quantitative estimate of drug-likeness (QED) is 0.708. The molecule has 26 heavy (non-hydrogen) atoms. The number of thioether (sulfide) groups is 1. The Bertz CT molecular complexity index is 933. The number of imidazole rings is 1. The van der Waals surface area contributed by atoms with Crippen molar-refractivity contribution < 1.29 is 9.53 Å². The maximum Gasteiger partial charge on any atom is 0.226 e. The molecule has 0 fully saturated rings. The summed E-state index contributed by atoms with van der Waals surface area (Å²) in [5, 5.41) is 2.98. The largest absolute Gasteiger partial charge is 0.497 e. The van der Waals surface area contributed by atoms with Gasteiger partial charge in [-0.1, -0.05) is 12.1 Å². The van der Waals surface area contributed by atoms with E-state index in [0.717, 1.165) is 28.5 Å². The first-order valence-corrected chi connectivity index (χ1v) is 9.57. The van der Waals surface area contributed by atoms with Crippen molar-refractivity contribution in [3.8, 4) is 11.4 Å². The Labute approximate surface area is 156 Å². The molecule has 2 aromatic carbocycles. The van der Waals surface area contributed by atoms with Gasteiger partial charge in [0.05, 0.1) is 12.8 Å². The number of amides is 1. The lowest BCUT2D eigenvalue weighted by Crippen LogP contribution is -2.24. The van der Waals surface area contributed by atoms with Crippen molar-refractivity contribution in [2.45, 2.75) is 17.2 Å². The molecule has 0 aliphatic carbocycles. The molecular formula is C20H19N3O2S. The Kier molecular flexibility index (Phi) is 4.42. The molecule has 0 saturated heterocycles. The van der Waals surface area contributed by atoms with E-state index in [1.807, 2.05) is 28.8 Å². The number of nitrogens with one attached hydrogen (secondary N) is 1. The Morgan fingerprint density at radius 3 is 2.54 bits per heavy atom. The molecule has 132 valence electrons. The van der Waals surface area contributed by atoms with Crippen molar-refractivity contribution in [3.63, 3.8) is 0 Å². The Morgan fingerprint density at radius 2 is 1.88 bits per heavy atom. The summed E-state index contributed by atoms with van der Waals surface area (Å²) in [5.74, 6) is 1.50. The van der Waals surface area contributed by atoms with E-state index in [1.165, 1.54) is 4.90 Å². The van der Waals surface area contributed by atoms with Gasteiger partial charge in [0.15, 0.2) is 0 Å². The number of aromatic nitrogens is 2. The Morgan fingerprint density at radius 1 is 1.15 bits per heavy atom. The van der Waals surface area contributed by atoms with Crippen molar-refractivity contribution in [2.24, 2.45) is 0 Å². The van der Waals surface area contributed by atoms with Crippen LogP contribution in [0.25, 0.3) is 5.69 Å². The smallest absolute Gasteiger partial charge is 0.226 e. The fraction of sp³-hybridized carbons (Fsp3) is 0.200. The fourth-order valence-corrected chi connectivity index (χ4v) is 3.67. The fourth-order valence-electron chi connectivity index (χ4n) is 3.26. The zero-order valence-corrected chi connectivity index (χ0v) is 15.4. The Hall–Kier alpha value is -2.73. The van der Waals surface area contributed by atoms with Crippen LogP contribution in [0.1, 0.15) is 23.6 Å². The van der Waals surface area contributed by atoms with Crippen LogP contribution in [0.15, 0.2) is 59.8 Å². The normalized spacial score (nSPS) is 16.1. The maximum atomic E-state index is 12.3. The minimum atomic E-state index is -0.0332. The van der Waals surface area contributed by atoms with Gasteiger partial charge in [-0.15, -0.1) is 11.8 Å². The molecule has 4 rings (SSSR count). The van der Waals surface area contributed by atoms with E-state index in [1.54, 1.807) is 25.2 Å². The Balaban J connectivity index is 1.74. The van der Waals surface area contributed by atoms with Crippen molar-refractivity contribution in [1.82, 2.24) is 9.55 Å². The van der Waals surface area contributed by atoms with Crippen molar-refractivity contribution >= 4 is 23.5 Å². The molecular weight excluding hydrogens is 346 g/mol. The molecule has 1 amide bonds. The van der Waals surface area contributed by atoms with Crippen LogP contribution in [0, 0.1) is 0 Å². The topological polar surface area (TPSA) is 56.1 Å². The number of rotatable bonds is 4. The first kappa shape index (κ1) is 16.7. The van der Waals surface area contributed by atoms with E-state index >= 15 is 0 Å². The van der Waals surface area contributed by atoms with Gasteiger partial charge in [0.25, 0.3) is 0 Å². The average molecular weight is 365 g/mol. The van der Waals surface area contributed by atoms with Gasteiger partial charge >= 0.3 is 0 Å². The van der Waals surface area contributed by atoms with Gasteiger partial charge in [-0.2, -0.15) is 0 Å². The zero-order chi connectivity index (χ0) is 18.1. The van der Waals surface area contributed by atoms with Crippen LogP contribution >= 0.6 is 11.8 Å². The number of carbonyl (C=O) groups is 1. The molecule has 1 aliphatic rings. The predicted molar refractivity (Wildman–Crippen MR) is 103 cm³/mol. The van der Waals surface area contributed by atoms with E-state index in [4.69, 9.17) is 4.74 Å². The highest BCUT2D eigenvalue weighted by molar-refractivity contribution is 7.98. The lowest BCUT2D eigenvalue weighted by Gasteiger charge is -2.23. The average Bonchev–Trinajstić information content (AvgIpc) is 3.11. The minimum Gasteiger partial charge on any atom is -0.497 e. The SMILES string of the molecule is COc1ccc(-n2cnc3c2NC(=O)CC3c2ccc(SC)cc2)cc1. The highest BCUT2D eigenvalue weighted by Gasteiger charge is 2.30. The molecule has 6 heteroatoms. The van der Waals surface area contributed by atoms with Crippen LogP contribution in [0.2, 0.25) is 0 Å². The summed E-state index contributed by atoms with van der Waals surface area (Å²) in [6.07, 6.45) is 4.23. The van der Waals surface area contributed by atoms with E-state index in [0.29, 0.717) is 6.42 Å². The summed E-state index contributed by atoms with van der Waals surface area (Å²) in [5.41, 5.74) is 2.94. The first-order valence-electron chi connectivity index (χ1n) is 8.35. The van der Waals surface area contributed by atoms with Crippen molar-refractivity contribution in [2.75, 3.05) is 18.7 Å². The second kappa shape index (κ2) is 6.88. The third kappa shape index (κ3) is 2.97. The van der Waals surface area contributed by atoms with Crippen LogP contribution in [0.5, 0.6) is 5.75 Å². The number of hydrogen-bond donors (Lipinski definition) is 1. The lowest BCUT2D eigenvalue weighted by atomic mass is 9.90. The van der Waals surface area contributed by atoms with Gasteiger partial charge in [-0.25, -0.2) is 4.98 Å². The molecule has 0 spiro atoms. The van der Waals surface area contributed by atoms with Gasteiger partial charge in [0.2, 0.25) is 5.91 Å². The number of methoxy groups -OCH3 is 1. The number of anilines is 1. The van der Waals surface area contributed by atoms with Gasteiger partial charge in [-0.3, -0.25) is 9.36 Å². The van der Waals surface area contributed by atoms with Crippen molar-refractivity contribution in [3.05, 3.63) is 66.1 Å². The maximum absolute atomic E-state index is 12.3. The molecule has 3 aromatic rings.